The number of hydrogen-bond donors (Lipinski definition) is 1. The standard InChI is InChI=1S/C12H14Cl2N2OS/c1-7(11(15)18)6-16(2)12(17)8-3-9(13)5-10(14)4-8/h3-5,7H,6H2,1-2H3,(H2,15,18). The van der Waals surface area contributed by atoms with Crippen LogP contribution in [0.4, 0.5) is 0 Å². The largest absolute Gasteiger partial charge is 0.393 e. The van der Waals surface area contributed by atoms with Gasteiger partial charge in [0.15, 0.2) is 0 Å². The van der Waals surface area contributed by atoms with Crippen molar-refractivity contribution >= 4 is 46.3 Å². The van der Waals surface area contributed by atoms with E-state index in [0.717, 1.165) is 0 Å². The summed E-state index contributed by atoms with van der Waals surface area (Å²) in [6, 6.07) is 4.74. The highest BCUT2D eigenvalue weighted by atomic mass is 35.5. The molecule has 0 spiro atoms. The second-order valence-electron chi connectivity index (χ2n) is 4.15. The first kappa shape index (κ1) is 15.2. The summed E-state index contributed by atoms with van der Waals surface area (Å²) in [6.07, 6.45) is 0. The Kier molecular flexibility index (Phi) is 5.38. The van der Waals surface area contributed by atoms with E-state index >= 15 is 0 Å². The van der Waals surface area contributed by atoms with Gasteiger partial charge in [-0.2, -0.15) is 0 Å². The Hall–Kier alpha value is -0.840. The molecule has 0 aromatic heterocycles. The first-order chi connectivity index (χ1) is 8.31. The van der Waals surface area contributed by atoms with Crippen LogP contribution in [-0.4, -0.2) is 29.4 Å². The van der Waals surface area contributed by atoms with Crippen molar-refractivity contribution in [2.75, 3.05) is 13.6 Å². The van der Waals surface area contributed by atoms with Crippen molar-refractivity contribution in [3.8, 4) is 0 Å². The summed E-state index contributed by atoms with van der Waals surface area (Å²) in [5.74, 6) is -0.203. The molecular weight excluding hydrogens is 291 g/mol. The van der Waals surface area contributed by atoms with Gasteiger partial charge < -0.3 is 10.6 Å². The van der Waals surface area contributed by atoms with Gasteiger partial charge >= 0.3 is 0 Å². The van der Waals surface area contributed by atoms with Crippen LogP contribution in [0, 0.1) is 5.92 Å². The second kappa shape index (κ2) is 6.36. The lowest BCUT2D eigenvalue weighted by Gasteiger charge is -2.21. The quantitative estimate of drug-likeness (QED) is 0.870. The van der Waals surface area contributed by atoms with Crippen molar-refractivity contribution in [3.05, 3.63) is 33.8 Å². The molecule has 0 fully saturated rings. The molecule has 0 aliphatic rings. The van der Waals surface area contributed by atoms with Gasteiger partial charge in [0.2, 0.25) is 0 Å². The van der Waals surface area contributed by atoms with Crippen molar-refractivity contribution in [1.82, 2.24) is 4.90 Å². The van der Waals surface area contributed by atoms with Crippen LogP contribution < -0.4 is 5.73 Å². The number of amides is 1. The summed E-state index contributed by atoms with van der Waals surface area (Å²) in [5.41, 5.74) is 5.97. The van der Waals surface area contributed by atoms with Crippen LogP contribution in [0.2, 0.25) is 10.0 Å². The average Bonchev–Trinajstić information content (AvgIpc) is 2.26. The van der Waals surface area contributed by atoms with Crippen LogP contribution in [0.5, 0.6) is 0 Å². The maximum Gasteiger partial charge on any atom is 0.253 e. The van der Waals surface area contributed by atoms with Crippen LogP contribution in [0.1, 0.15) is 17.3 Å². The summed E-state index contributed by atoms with van der Waals surface area (Å²) >= 11 is 16.6. The summed E-state index contributed by atoms with van der Waals surface area (Å²) in [5, 5.41) is 0.864. The first-order valence-electron chi connectivity index (χ1n) is 5.32. The van der Waals surface area contributed by atoms with Crippen LogP contribution in [0.15, 0.2) is 18.2 Å². The van der Waals surface area contributed by atoms with Crippen molar-refractivity contribution in [2.45, 2.75) is 6.92 Å². The van der Waals surface area contributed by atoms with E-state index in [4.69, 9.17) is 41.2 Å². The third-order valence-corrected chi connectivity index (χ3v) is 3.33. The highest BCUT2D eigenvalue weighted by Crippen LogP contribution is 2.20. The van der Waals surface area contributed by atoms with Gasteiger partial charge in [0.1, 0.15) is 0 Å². The van der Waals surface area contributed by atoms with Crippen LogP contribution in [-0.2, 0) is 0 Å². The van der Waals surface area contributed by atoms with Crippen LogP contribution >= 0.6 is 35.4 Å². The Balaban J connectivity index is 2.83. The summed E-state index contributed by atoms with van der Waals surface area (Å²) in [6.45, 7) is 2.33. The Labute approximate surface area is 122 Å². The molecule has 0 bridgehead atoms. The van der Waals surface area contributed by atoms with E-state index in [1.807, 2.05) is 6.92 Å². The molecule has 0 heterocycles. The third kappa shape index (κ3) is 4.12. The molecule has 0 aliphatic carbocycles. The number of thiocarbonyl (C=S) groups is 1. The number of rotatable bonds is 4. The summed E-state index contributed by atoms with van der Waals surface area (Å²) in [7, 11) is 1.69. The lowest BCUT2D eigenvalue weighted by atomic mass is 10.1. The number of carbonyl (C=O) groups is 1. The second-order valence-corrected chi connectivity index (χ2v) is 5.49. The maximum absolute atomic E-state index is 12.1. The minimum atomic E-state index is -0.164. The molecule has 1 amide bonds. The van der Waals surface area contributed by atoms with Crippen molar-refractivity contribution in [3.63, 3.8) is 0 Å². The molecule has 0 saturated heterocycles. The molecule has 18 heavy (non-hydrogen) atoms. The molecular formula is C12H14Cl2N2OS. The van der Waals surface area contributed by atoms with E-state index in [1.165, 1.54) is 0 Å². The van der Waals surface area contributed by atoms with Gasteiger partial charge in [0.05, 0.1) is 4.99 Å². The molecule has 6 heteroatoms. The van der Waals surface area contributed by atoms with Gasteiger partial charge in [-0.05, 0) is 18.2 Å². The number of nitrogens with zero attached hydrogens (tertiary/aromatic N) is 1. The van der Waals surface area contributed by atoms with E-state index in [2.05, 4.69) is 0 Å². The fourth-order valence-electron chi connectivity index (χ4n) is 1.48. The minimum absolute atomic E-state index is 0.0383. The molecule has 3 nitrogen and oxygen atoms in total. The lowest BCUT2D eigenvalue weighted by molar-refractivity contribution is 0.0787. The molecule has 1 aromatic rings. The lowest BCUT2D eigenvalue weighted by Crippen LogP contribution is -2.35. The Morgan fingerprint density at radius 1 is 1.39 bits per heavy atom. The van der Waals surface area contributed by atoms with Gasteiger partial charge in [-0.25, -0.2) is 0 Å². The number of nitrogens with two attached hydrogens (primary N) is 1. The molecule has 1 atom stereocenters. The highest BCUT2D eigenvalue weighted by molar-refractivity contribution is 7.80. The maximum atomic E-state index is 12.1. The number of benzene rings is 1. The van der Waals surface area contributed by atoms with Crippen molar-refractivity contribution in [2.24, 2.45) is 11.7 Å². The Bertz CT molecular complexity index is 459. The summed E-state index contributed by atoms with van der Waals surface area (Å²) in [4.78, 5) is 14.1. The van der Waals surface area contributed by atoms with Crippen molar-refractivity contribution < 1.29 is 4.79 Å². The molecule has 2 N–H and O–H groups in total. The molecule has 0 saturated carbocycles. The zero-order valence-electron chi connectivity index (χ0n) is 10.1. The number of hydrogen-bond acceptors (Lipinski definition) is 2. The molecule has 1 unspecified atom stereocenters. The van der Waals surface area contributed by atoms with Gasteiger partial charge in [0.25, 0.3) is 5.91 Å². The van der Waals surface area contributed by atoms with Crippen molar-refractivity contribution in [1.29, 1.82) is 0 Å². The van der Waals surface area contributed by atoms with Gasteiger partial charge in [-0.3, -0.25) is 4.79 Å². The highest BCUT2D eigenvalue weighted by Gasteiger charge is 2.16. The average molecular weight is 305 g/mol. The summed E-state index contributed by atoms with van der Waals surface area (Å²) < 4.78 is 0. The van der Waals surface area contributed by atoms with E-state index in [1.54, 1.807) is 30.1 Å². The zero-order chi connectivity index (χ0) is 13.9. The third-order valence-electron chi connectivity index (χ3n) is 2.49. The molecule has 0 aliphatic heterocycles. The molecule has 98 valence electrons. The molecule has 1 aromatic carbocycles. The fourth-order valence-corrected chi connectivity index (χ4v) is 2.08. The first-order valence-corrected chi connectivity index (χ1v) is 6.48. The number of halogens is 2. The topological polar surface area (TPSA) is 46.3 Å². The van der Waals surface area contributed by atoms with Gasteiger partial charge in [-0.15, -0.1) is 0 Å². The van der Waals surface area contributed by atoms with E-state index in [9.17, 15) is 4.79 Å². The van der Waals surface area contributed by atoms with E-state index < -0.39 is 0 Å². The van der Waals surface area contributed by atoms with Gasteiger partial charge in [-0.1, -0.05) is 42.3 Å². The normalized spacial score (nSPS) is 12.0. The SMILES string of the molecule is CC(CN(C)C(=O)c1cc(Cl)cc(Cl)c1)C(N)=S. The monoisotopic (exact) mass is 304 g/mol. The minimum Gasteiger partial charge on any atom is -0.393 e. The fraction of sp³-hybridized carbons (Fsp3) is 0.333. The van der Waals surface area contributed by atoms with Crippen LogP contribution in [0.25, 0.3) is 0 Å². The predicted molar refractivity (Wildman–Crippen MR) is 79.4 cm³/mol. The van der Waals surface area contributed by atoms with Gasteiger partial charge in [0, 0.05) is 35.1 Å². The van der Waals surface area contributed by atoms with E-state index in [-0.39, 0.29) is 11.8 Å². The molecule has 0 radical (unpaired) electrons. The zero-order valence-corrected chi connectivity index (χ0v) is 12.4. The van der Waals surface area contributed by atoms with E-state index in [0.29, 0.717) is 27.1 Å². The Morgan fingerprint density at radius 2 is 1.89 bits per heavy atom. The Morgan fingerprint density at radius 3 is 2.33 bits per heavy atom. The predicted octanol–water partition coefficient (Wildman–Crippen LogP) is 2.99. The van der Waals surface area contributed by atoms with Crippen LogP contribution in [0.3, 0.4) is 0 Å². The molecule has 1 rings (SSSR count). The smallest absolute Gasteiger partial charge is 0.253 e. The number of carbonyl (C=O) groups excluding carboxylic acids is 1.